The fourth-order valence-corrected chi connectivity index (χ4v) is 3.00. The molecule has 2 aromatic carbocycles. The van der Waals surface area contributed by atoms with Gasteiger partial charge >= 0.3 is 0 Å². The van der Waals surface area contributed by atoms with Crippen molar-refractivity contribution >= 4 is 15.9 Å². The molecule has 0 saturated carbocycles. The van der Waals surface area contributed by atoms with Gasteiger partial charge in [0.2, 0.25) is 0 Å². The van der Waals surface area contributed by atoms with Crippen LogP contribution in [0.4, 0.5) is 0 Å². The highest BCUT2D eigenvalue weighted by Crippen LogP contribution is 2.28. The van der Waals surface area contributed by atoms with Crippen LogP contribution in [0.3, 0.4) is 0 Å². The molecule has 1 unspecified atom stereocenters. The molecule has 0 aromatic heterocycles. The van der Waals surface area contributed by atoms with E-state index in [1.165, 1.54) is 11.1 Å². The first kappa shape index (κ1) is 16.1. The monoisotopic (exact) mass is 347 g/mol. The lowest BCUT2D eigenvalue weighted by atomic mass is 9.92. The summed E-state index contributed by atoms with van der Waals surface area (Å²) in [7, 11) is 0. The maximum Gasteiger partial charge on any atom is 0.119 e. The first-order chi connectivity index (χ1) is 10.2. The lowest BCUT2D eigenvalue weighted by Crippen LogP contribution is -2.15. The molecule has 21 heavy (non-hydrogen) atoms. The van der Waals surface area contributed by atoms with Gasteiger partial charge in [-0.25, -0.2) is 0 Å². The third-order valence-corrected chi connectivity index (χ3v) is 4.21. The summed E-state index contributed by atoms with van der Waals surface area (Å²) in [6, 6.07) is 16.6. The van der Waals surface area contributed by atoms with E-state index < -0.39 is 0 Å². The molecule has 2 nitrogen and oxygen atoms in total. The van der Waals surface area contributed by atoms with Crippen molar-refractivity contribution in [3.8, 4) is 5.75 Å². The van der Waals surface area contributed by atoms with Gasteiger partial charge in [0.25, 0.3) is 0 Å². The molecule has 0 spiro atoms. The Balaban J connectivity index is 2.13. The Bertz CT molecular complexity index is 571. The lowest BCUT2D eigenvalue weighted by Gasteiger charge is -2.17. The summed E-state index contributed by atoms with van der Waals surface area (Å²) in [6.07, 6.45) is 1.94. The lowest BCUT2D eigenvalue weighted by molar-refractivity contribution is 0.317. The van der Waals surface area contributed by atoms with Crippen LogP contribution >= 0.6 is 15.9 Å². The zero-order valence-corrected chi connectivity index (χ0v) is 14.0. The van der Waals surface area contributed by atoms with Crippen LogP contribution in [0.15, 0.2) is 53.0 Å². The molecule has 0 aliphatic carbocycles. The van der Waals surface area contributed by atoms with Crippen molar-refractivity contribution in [3.05, 3.63) is 64.1 Å². The molecule has 0 radical (unpaired) electrons. The Morgan fingerprint density at radius 3 is 2.67 bits per heavy atom. The van der Waals surface area contributed by atoms with Gasteiger partial charge in [0.15, 0.2) is 0 Å². The van der Waals surface area contributed by atoms with Crippen molar-refractivity contribution in [1.29, 1.82) is 0 Å². The van der Waals surface area contributed by atoms with Gasteiger partial charge in [-0.2, -0.15) is 0 Å². The average molecular weight is 348 g/mol. The van der Waals surface area contributed by atoms with E-state index in [4.69, 9.17) is 10.5 Å². The van der Waals surface area contributed by atoms with Crippen molar-refractivity contribution in [2.75, 3.05) is 13.2 Å². The minimum Gasteiger partial charge on any atom is -0.494 e. The topological polar surface area (TPSA) is 35.2 Å². The first-order valence-electron chi connectivity index (χ1n) is 7.40. The van der Waals surface area contributed by atoms with Crippen LogP contribution in [-0.2, 0) is 6.42 Å². The molecule has 1 atom stereocenters. The Kier molecular flexibility index (Phi) is 6.27. The standard InChI is InChI=1S/C18H22BrNO/c1-2-10-21-16-7-5-6-14(12-16)11-15(13-20)17-8-3-4-9-18(17)19/h3-9,12,15H,2,10-11,13,20H2,1H3. The van der Waals surface area contributed by atoms with E-state index in [1.807, 2.05) is 18.2 Å². The second-order valence-corrected chi connectivity index (χ2v) is 6.01. The molecular weight excluding hydrogens is 326 g/mol. The molecule has 0 amide bonds. The van der Waals surface area contributed by atoms with Gasteiger partial charge in [-0.3, -0.25) is 0 Å². The second kappa shape index (κ2) is 8.20. The highest BCUT2D eigenvalue weighted by atomic mass is 79.9. The summed E-state index contributed by atoms with van der Waals surface area (Å²) in [5.41, 5.74) is 8.51. The van der Waals surface area contributed by atoms with Gasteiger partial charge in [0.1, 0.15) is 5.75 Å². The predicted octanol–water partition coefficient (Wildman–Crippen LogP) is 4.52. The summed E-state index contributed by atoms with van der Waals surface area (Å²) < 4.78 is 6.82. The van der Waals surface area contributed by atoms with Crippen LogP contribution in [0.2, 0.25) is 0 Å². The average Bonchev–Trinajstić information content (AvgIpc) is 2.52. The van der Waals surface area contributed by atoms with Crippen molar-refractivity contribution in [2.24, 2.45) is 5.73 Å². The van der Waals surface area contributed by atoms with Gasteiger partial charge in [0.05, 0.1) is 6.61 Å². The first-order valence-corrected chi connectivity index (χ1v) is 8.20. The zero-order valence-electron chi connectivity index (χ0n) is 12.4. The van der Waals surface area contributed by atoms with E-state index in [1.54, 1.807) is 0 Å². The highest BCUT2D eigenvalue weighted by molar-refractivity contribution is 9.10. The Morgan fingerprint density at radius 2 is 1.95 bits per heavy atom. The van der Waals surface area contributed by atoms with Crippen LogP contribution in [0, 0.1) is 0 Å². The number of rotatable bonds is 7. The molecule has 3 heteroatoms. The normalized spacial score (nSPS) is 12.1. The highest BCUT2D eigenvalue weighted by Gasteiger charge is 2.13. The number of benzene rings is 2. The molecule has 112 valence electrons. The molecule has 0 heterocycles. The molecule has 2 aromatic rings. The Hall–Kier alpha value is -1.32. The molecule has 0 aliphatic rings. The number of halogens is 1. The molecular formula is C18H22BrNO. The number of hydrogen-bond acceptors (Lipinski definition) is 2. The van der Waals surface area contributed by atoms with Crippen molar-refractivity contribution < 1.29 is 4.74 Å². The summed E-state index contributed by atoms with van der Waals surface area (Å²) >= 11 is 3.62. The molecule has 0 saturated heterocycles. The van der Waals surface area contributed by atoms with Crippen LogP contribution in [-0.4, -0.2) is 13.2 Å². The predicted molar refractivity (Wildman–Crippen MR) is 91.9 cm³/mol. The molecule has 0 aliphatic heterocycles. The Labute approximate surface area is 135 Å². The molecule has 0 fully saturated rings. The van der Waals surface area contributed by atoms with E-state index in [-0.39, 0.29) is 0 Å². The number of hydrogen-bond donors (Lipinski definition) is 1. The Morgan fingerprint density at radius 1 is 1.14 bits per heavy atom. The maximum absolute atomic E-state index is 5.99. The minimum atomic E-state index is 0.307. The van der Waals surface area contributed by atoms with Gasteiger partial charge < -0.3 is 10.5 Å². The van der Waals surface area contributed by atoms with Gasteiger partial charge in [-0.1, -0.05) is 53.2 Å². The smallest absolute Gasteiger partial charge is 0.119 e. The van der Waals surface area contributed by atoms with Crippen molar-refractivity contribution in [2.45, 2.75) is 25.7 Å². The van der Waals surface area contributed by atoms with Crippen molar-refractivity contribution in [1.82, 2.24) is 0 Å². The summed E-state index contributed by atoms with van der Waals surface area (Å²) in [4.78, 5) is 0. The number of ether oxygens (including phenoxy) is 1. The fraction of sp³-hybridized carbons (Fsp3) is 0.333. The van der Waals surface area contributed by atoms with E-state index in [9.17, 15) is 0 Å². The third-order valence-electron chi connectivity index (χ3n) is 3.48. The maximum atomic E-state index is 5.99. The van der Waals surface area contributed by atoms with Crippen LogP contribution in [0.1, 0.15) is 30.4 Å². The van der Waals surface area contributed by atoms with Crippen LogP contribution in [0.25, 0.3) is 0 Å². The molecule has 2 rings (SSSR count). The van der Waals surface area contributed by atoms with E-state index >= 15 is 0 Å². The molecule has 2 N–H and O–H groups in total. The number of nitrogens with two attached hydrogens (primary N) is 1. The van der Waals surface area contributed by atoms with Crippen LogP contribution in [0.5, 0.6) is 5.75 Å². The van der Waals surface area contributed by atoms with Gasteiger partial charge in [-0.15, -0.1) is 0 Å². The van der Waals surface area contributed by atoms with E-state index in [0.29, 0.717) is 12.5 Å². The van der Waals surface area contributed by atoms with Crippen LogP contribution < -0.4 is 10.5 Å². The SMILES string of the molecule is CCCOc1cccc(CC(CN)c2ccccc2Br)c1. The van der Waals surface area contributed by atoms with Gasteiger partial charge in [0, 0.05) is 10.4 Å². The largest absolute Gasteiger partial charge is 0.494 e. The molecule has 0 bridgehead atoms. The minimum absolute atomic E-state index is 0.307. The quantitative estimate of drug-likeness (QED) is 0.798. The summed E-state index contributed by atoms with van der Waals surface area (Å²) in [5, 5.41) is 0. The van der Waals surface area contributed by atoms with Crippen molar-refractivity contribution in [3.63, 3.8) is 0 Å². The fourth-order valence-electron chi connectivity index (χ4n) is 2.39. The second-order valence-electron chi connectivity index (χ2n) is 5.15. The van der Waals surface area contributed by atoms with E-state index in [0.717, 1.165) is 29.7 Å². The summed E-state index contributed by atoms with van der Waals surface area (Å²) in [6.45, 7) is 3.50. The summed E-state index contributed by atoms with van der Waals surface area (Å²) in [5.74, 6) is 1.25. The van der Waals surface area contributed by atoms with Gasteiger partial charge in [-0.05, 0) is 48.7 Å². The third kappa shape index (κ3) is 4.58. The van der Waals surface area contributed by atoms with E-state index in [2.05, 4.69) is 53.2 Å². The zero-order chi connectivity index (χ0) is 15.1.